The maximum Gasteiger partial charge on any atom is 0.310 e. The van der Waals surface area contributed by atoms with Crippen LogP contribution in [0, 0.1) is 11.8 Å². The van der Waals surface area contributed by atoms with E-state index >= 15 is 0 Å². The van der Waals surface area contributed by atoms with E-state index in [1.54, 1.807) is 0 Å². The van der Waals surface area contributed by atoms with Gasteiger partial charge in [0.15, 0.2) is 17.5 Å². The molecule has 0 spiro atoms. The molecule has 0 bridgehead atoms. The highest BCUT2D eigenvalue weighted by atomic mass is 16.7. The number of hydrogen-bond acceptors (Lipinski definition) is 5. The number of nitrogens with zero attached hydrogens (tertiary/aromatic N) is 2. The van der Waals surface area contributed by atoms with Crippen LogP contribution in [0.25, 0.3) is 0 Å². The number of esters is 1. The molecule has 3 rings (SSSR count). The standard InChI is InChI=1S/C19H27N3O4/c1-4-20-19(22-10-13(2)15(11-22)18(23)24-3)21-8-7-14-5-6-16-17(9-14)26-12-25-16/h5-6,9,13,15H,4,7-8,10-12H2,1-3H3,(H,20,21). The Morgan fingerprint density at radius 3 is 2.92 bits per heavy atom. The first kappa shape index (κ1) is 18.4. The SMILES string of the molecule is CCNC(=NCCc1ccc2c(c1)OCO2)N1CC(C)C(C(=O)OC)C1. The average molecular weight is 361 g/mol. The van der Waals surface area contributed by atoms with Crippen LogP contribution in [0.5, 0.6) is 11.5 Å². The number of hydrogen-bond donors (Lipinski definition) is 1. The van der Waals surface area contributed by atoms with E-state index in [0.717, 1.165) is 42.5 Å². The zero-order valence-corrected chi connectivity index (χ0v) is 15.7. The molecule has 1 fully saturated rings. The van der Waals surface area contributed by atoms with E-state index in [1.165, 1.54) is 7.11 Å². The van der Waals surface area contributed by atoms with Crippen LogP contribution < -0.4 is 14.8 Å². The van der Waals surface area contributed by atoms with Gasteiger partial charge in [-0.25, -0.2) is 0 Å². The van der Waals surface area contributed by atoms with E-state index in [4.69, 9.17) is 19.2 Å². The Balaban J connectivity index is 1.61. The highest BCUT2D eigenvalue weighted by Crippen LogP contribution is 2.32. The molecule has 0 aliphatic carbocycles. The topological polar surface area (TPSA) is 72.4 Å². The monoisotopic (exact) mass is 361 g/mol. The Kier molecular flexibility index (Phi) is 5.85. The maximum absolute atomic E-state index is 11.9. The number of methoxy groups -OCH3 is 1. The molecular formula is C19H27N3O4. The summed E-state index contributed by atoms with van der Waals surface area (Å²) in [7, 11) is 1.45. The third kappa shape index (κ3) is 4.03. The molecule has 7 nitrogen and oxygen atoms in total. The van der Waals surface area contributed by atoms with Gasteiger partial charge < -0.3 is 24.4 Å². The van der Waals surface area contributed by atoms with Gasteiger partial charge in [-0.1, -0.05) is 13.0 Å². The van der Waals surface area contributed by atoms with E-state index in [9.17, 15) is 4.79 Å². The van der Waals surface area contributed by atoms with Gasteiger partial charge in [0, 0.05) is 26.2 Å². The van der Waals surface area contributed by atoms with Crippen LogP contribution in [-0.2, 0) is 16.0 Å². The summed E-state index contributed by atoms with van der Waals surface area (Å²) < 4.78 is 15.7. The molecule has 2 atom stereocenters. The van der Waals surface area contributed by atoms with Crippen LogP contribution in [0.3, 0.4) is 0 Å². The number of carbonyl (C=O) groups excluding carboxylic acids is 1. The zero-order valence-electron chi connectivity index (χ0n) is 15.7. The first-order valence-electron chi connectivity index (χ1n) is 9.12. The zero-order chi connectivity index (χ0) is 18.5. The molecule has 142 valence electrons. The van der Waals surface area contributed by atoms with Crippen molar-refractivity contribution in [3.8, 4) is 11.5 Å². The van der Waals surface area contributed by atoms with E-state index in [1.807, 2.05) is 25.1 Å². The van der Waals surface area contributed by atoms with Crippen LogP contribution in [0.15, 0.2) is 23.2 Å². The molecule has 1 aromatic rings. The van der Waals surface area contributed by atoms with Crippen molar-refractivity contribution in [1.29, 1.82) is 0 Å². The fraction of sp³-hybridized carbons (Fsp3) is 0.579. The summed E-state index contributed by atoms with van der Waals surface area (Å²) in [6.07, 6.45) is 0.815. The first-order valence-corrected chi connectivity index (χ1v) is 9.12. The molecule has 0 saturated carbocycles. The summed E-state index contributed by atoms with van der Waals surface area (Å²) in [6.45, 7) is 7.31. The number of nitrogens with one attached hydrogen (secondary N) is 1. The lowest BCUT2D eigenvalue weighted by molar-refractivity contribution is -0.145. The molecule has 1 aromatic carbocycles. The largest absolute Gasteiger partial charge is 0.469 e. The van der Waals surface area contributed by atoms with Crippen molar-refractivity contribution >= 4 is 11.9 Å². The molecule has 2 unspecified atom stereocenters. The molecule has 0 aromatic heterocycles. The minimum Gasteiger partial charge on any atom is -0.469 e. The first-order chi connectivity index (χ1) is 12.6. The molecule has 7 heteroatoms. The molecule has 26 heavy (non-hydrogen) atoms. The van der Waals surface area contributed by atoms with E-state index < -0.39 is 0 Å². The van der Waals surface area contributed by atoms with Crippen LogP contribution >= 0.6 is 0 Å². The Bertz CT molecular complexity index is 677. The third-order valence-corrected chi connectivity index (χ3v) is 4.85. The molecule has 1 N–H and O–H groups in total. The number of carbonyl (C=O) groups is 1. The predicted molar refractivity (Wildman–Crippen MR) is 98.5 cm³/mol. The molecule has 2 heterocycles. The lowest BCUT2D eigenvalue weighted by Crippen LogP contribution is -2.40. The van der Waals surface area contributed by atoms with E-state index in [-0.39, 0.29) is 24.6 Å². The smallest absolute Gasteiger partial charge is 0.310 e. The quantitative estimate of drug-likeness (QED) is 0.489. The third-order valence-electron chi connectivity index (χ3n) is 4.85. The molecule has 0 amide bonds. The summed E-state index contributed by atoms with van der Waals surface area (Å²) in [5.74, 6) is 2.46. The number of ether oxygens (including phenoxy) is 3. The van der Waals surface area contributed by atoms with Crippen molar-refractivity contribution in [2.45, 2.75) is 20.3 Å². The Hall–Kier alpha value is -2.44. The van der Waals surface area contributed by atoms with Gasteiger partial charge in [-0.2, -0.15) is 0 Å². The van der Waals surface area contributed by atoms with E-state index in [2.05, 4.69) is 17.1 Å². The Labute approximate surface area is 154 Å². The molecule has 1 saturated heterocycles. The lowest BCUT2D eigenvalue weighted by Gasteiger charge is -2.21. The lowest BCUT2D eigenvalue weighted by atomic mass is 9.99. The van der Waals surface area contributed by atoms with Crippen molar-refractivity contribution in [2.75, 3.05) is 40.1 Å². The van der Waals surface area contributed by atoms with Gasteiger partial charge in [0.25, 0.3) is 0 Å². The van der Waals surface area contributed by atoms with Crippen molar-refractivity contribution in [3.05, 3.63) is 23.8 Å². The number of likely N-dealkylation sites (tertiary alicyclic amines) is 1. The minimum atomic E-state index is -0.142. The van der Waals surface area contributed by atoms with Crippen molar-refractivity contribution in [2.24, 2.45) is 16.8 Å². The number of fused-ring (bicyclic) bond motifs is 1. The fourth-order valence-electron chi connectivity index (χ4n) is 3.41. The summed E-state index contributed by atoms with van der Waals surface area (Å²) in [6, 6.07) is 5.99. The number of aliphatic imine (C=N–C) groups is 1. The van der Waals surface area contributed by atoms with Crippen LogP contribution in [0.4, 0.5) is 0 Å². The Morgan fingerprint density at radius 2 is 2.15 bits per heavy atom. The van der Waals surface area contributed by atoms with Crippen molar-refractivity contribution in [1.82, 2.24) is 10.2 Å². The van der Waals surface area contributed by atoms with Crippen molar-refractivity contribution < 1.29 is 19.0 Å². The highest BCUT2D eigenvalue weighted by Gasteiger charge is 2.36. The number of benzene rings is 1. The van der Waals surface area contributed by atoms with Gasteiger partial charge in [-0.3, -0.25) is 9.79 Å². The second kappa shape index (κ2) is 8.29. The normalized spacial score (nSPS) is 21.8. The van der Waals surface area contributed by atoms with Crippen LogP contribution in [0.2, 0.25) is 0 Å². The molecule has 2 aliphatic heterocycles. The average Bonchev–Trinajstić information content (AvgIpc) is 3.26. The van der Waals surface area contributed by atoms with Crippen LogP contribution in [-0.4, -0.2) is 56.9 Å². The maximum atomic E-state index is 11.9. The van der Waals surface area contributed by atoms with Gasteiger partial charge in [0.1, 0.15) is 0 Å². The van der Waals surface area contributed by atoms with Gasteiger partial charge in [-0.05, 0) is 37.0 Å². The van der Waals surface area contributed by atoms with Crippen molar-refractivity contribution in [3.63, 3.8) is 0 Å². The van der Waals surface area contributed by atoms with Crippen LogP contribution in [0.1, 0.15) is 19.4 Å². The second-order valence-electron chi connectivity index (χ2n) is 6.69. The van der Waals surface area contributed by atoms with Gasteiger partial charge in [-0.15, -0.1) is 0 Å². The highest BCUT2D eigenvalue weighted by molar-refractivity contribution is 5.82. The fourth-order valence-corrected chi connectivity index (χ4v) is 3.41. The van der Waals surface area contributed by atoms with Gasteiger partial charge >= 0.3 is 5.97 Å². The summed E-state index contributed by atoms with van der Waals surface area (Å²) >= 11 is 0. The second-order valence-corrected chi connectivity index (χ2v) is 6.69. The number of guanidine groups is 1. The predicted octanol–water partition coefficient (Wildman–Crippen LogP) is 1.66. The Morgan fingerprint density at radius 1 is 1.35 bits per heavy atom. The summed E-state index contributed by atoms with van der Waals surface area (Å²) in [5, 5.41) is 3.33. The van der Waals surface area contributed by atoms with Gasteiger partial charge in [0.05, 0.1) is 13.0 Å². The summed E-state index contributed by atoms with van der Waals surface area (Å²) in [5.41, 5.74) is 1.16. The number of rotatable bonds is 5. The molecule has 2 aliphatic rings. The molecule has 0 radical (unpaired) electrons. The van der Waals surface area contributed by atoms with E-state index in [0.29, 0.717) is 13.1 Å². The minimum absolute atomic E-state index is 0.0993. The van der Waals surface area contributed by atoms with Gasteiger partial charge in [0.2, 0.25) is 6.79 Å². The molecular weight excluding hydrogens is 334 g/mol. The summed E-state index contributed by atoms with van der Waals surface area (Å²) in [4.78, 5) is 18.8.